The highest BCUT2D eigenvalue weighted by Gasteiger charge is 2.17. The summed E-state index contributed by atoms with van der Waals surface area (Å²) in [4.78, 5) is 4.18. The van der Waals surface area contributed by atoms with E-state index in [4.69, 9.17) is 4.74 Å². The Morgan fingerprint density at radius 3 is 3.07 bits per heavy atom. The minimum atomic E-state index is 0. The van der Waals surface area contributed by atoms with Crippen LogP contribution in [0.5, 0.6) is 0 Å². The molecule has 0 spiro atoms. The lowest BCUT2D eigenvalue weighted by Gasteiger charge is -2.24. The van der Waals surface area contributed by atoms with Gasteiger partial charge in [0.2, 0.25) is 0 Å². The molecule has 1 atom stereocenters. The first-order chi connectivity index (χ1) is 6.38. The second-order valence-corrected chi connectivity index (χ2v) is 3.72. The number of halogens is 2. The zero-order valence-electron chi connectivity index (χ0n) is 7.57. The van der Waals surface area contributed by atoms with Gasteiger partial charge in [-0.05, 0) is 22.0 Å². The molecular weight excluding hydrogens is 267 g/mol. The SMILES string of the molecule is Brc1ncccc1[C@H]1COCCN1.Cl. The molecule has 0 radical (unpaired) electrons. The minimum Gasteiger partial charge on any atom is -0.378 e. The first-order valence-corrected chi connectivity index (χ1v) is 5.09. The molecule has 78 valence electrons. The summed E-state index contributed by atoms with van der Waals surface area (Å²) < 4.78 is 6.28. The summed E-state index contributed by atoms with van der Waals surface area (Å²) in [6.45, 7) is 2.44. The maximum Gasteiger partial charge on any atom is 0.110 e. The van der Waals surface area contributed by atoms with Crippen LogP contribution in [0.1, 0.15) is 11.6 Å². The number of ether oxygens (including phenoxy) is 1. The summed E-state index contributed by atoms with van der Waals surface area (Å²) >= 11 is 3.43. The van der Waals surface area contributed by atoms with E-state index in [1.165, 1.54) is 5.56 Å². The van der Waals surface area contributed by atoms with Crippen LogP contribution in [0.3, 0.4) is 0 Å². The first kappa shape index (κ1) is 11.9. The lowest BCUT2D eigenvalue weighted by Crippen LogP contribution is -2.34. The average Bonchev–Trinajstić information content (AvgIpc) is 2.20. The van der Waals surface area contributed by atoms with Gasteiger partial charge < -0.3 is 10.1 Å². The van der Waals surface area contributed by atoms with Crippen LogP contribution in [0, 0.1) is 0 Å². The molecule has 2 rings (SSSR count). The molecule has 1 aliphatic heterocycles. The third kappa shape index (κ3) is 2.67. The van der Waals surface area contributed by atoms with Gasteiger partial charge in [-0.15, -0.1) is 12.4 Å². The molecule has 1 aromatic heterocycles. The molecule has 0 amide bonds. The van der Waals surface area contributed by atoms with Crippen LogP contribution < -0.4 is 5.32 Å². The van der Waals surface area contributed by atoms with Gasteiger partial charge in [0.1, 0.15) is 4.60 Å². The molecule has 1 aliphatic rings. The van der Waals surface area contributed by atoms with Crippen molar-refractivity contribution in [2.24, 2.45) is 0 Å². The Labute approximate surface area is 97.8 Å². The van der Waals surface area contributed by atoms with E-state index < -0.39 is 0 Å². The second-order valence-electron chi connectivity index (χ2n) is 2.97. The number of hydrogen-bond acceptors (Lipinski definition) is 3. The van der Waals surface area contributed by atoms with E-state index in [0.29, 0.717) is 0 Å². The fourth-order valence-electron chi connectivity index (χ4n) is 1.42. The fraction of sp³-hybridized carbons (Fsp3) is 0.444. The average molecular weight is 280 g/mol. The molecule has 1 N–H and O–H groups in total. The molecule has 1 aromatic rings. The van der Waals surface area contributed by atoms with Crippen LogP contribution in [0.25, 0.3) is 0 Å². The van der Waals surface area contributed by atoms with E-state index in [2.05, 4.69) is 32.3 Å². The Morgan fingerprint density at radius 1 is 1.57 bits per heavy atom. The van der Waals surface area contributed by atoms with Crippen LogP contribution >= 0.6 is 28.3 Å². The van der Waals surface area contributed by atoms with Crippen molar-refractivity contribution in [2.45, 2.75) is 6.04 Å². The molecule has 0 unspecified atom stereocenters. The lowest BCUT2D eigenvalue weighted by molar-refractivity contribution is 0.0765. The number of hydrogen-bond donors (Lipinski definition) is 1. The van der Waals surface area contributed by atoms with Crippen LogP contribution in [0.2, 0.25) is 0 Å². The Bertz CT molecular complexity index is 292. The zero-order valence-corrected chi connectivity index (χ0v) is 9.97. The van der Waals surface area contributed by atoms with Crippen molar-refractivity contribution < 1.29 is 4.74 Å². The predicted octanol–water partition coefficient (Wildman–Crippen LogP) is 1.93. The largest absolute Gasteiger partial charge is 0.378 e. The quantitative estimate of drug-likeness (QED) is 0.798. The highest BCUT2D eigenvalue weighted by atomic mass is 79.9. The van der Waals surface area contributed by atoms with Gasteiger partial charge in [0.05, 0.1) is 19.3 Å². The number of nitrogens with zero attached hydrogens (tertiary/aromatic N) is 1. The Kier molecular flexibility index (Phi) is 4.81. The van der Waals surface area contributed by atoms with Crippen LogP contribution in [0.15, 0.2) is 22.9 Å². The highest BCUT2D eigenvalue weighted by molar-refractivity contribution is 9.10. The van der Waals surface area contributed by atoms with Gasteiger partial charge in [0.25, 0.3) is 0 Å². The van der Waals surface area contributed by atoms with E-state index in [1.807, 2.05) is 6.07 Å². The summed E-state index contributed by atoms with van der Waals surface area (Å²) in [5, 5.41) is 3.38. The molecule has 0 saturated carbocycles. The molecule has 0 aliphatic carbocycles. The smallest absolute Gasteiger partial charge is 0.110 e. The van der Waals surface area contributed by atoms with Gasteiger partial charge in [-0.25, -0.2) is 4.98 Å². The zero-order chi connectivity index (χ0) is 9.10. The maximum absolute atomic E-state index is 5.38. The number of aromatic nitrogens is 1. The summed E-state index contributed by atoms with van der Waals surface area (Å²) in [7, 11) is 0. The maximum atomic E-state index is 5.38. The normalized spacial score (nSPS) is 21.4. The molecule has 1 saturated heterocycles. The third-order valence-corrected chi connectivity index (χ3v) is 2.75. The van der Waals surface area contributed by atoms with Crippen LogP contribution in [-0.4, -0.2) is 24.7 Å². The molecule has 0 aromatic carbocycles. The summed E-state index contributed by atoms with van der Waals surface area (Å²) in [5.41, 5.74) is 1.17. The second kappa shape index (κ2) is 5.66. The Hall–Kier alpha value is -0.160. The van der Waals surface area contributed by atoms with Crippen molar-refractivity contribution in [3.05, 3.63) is 28.5 Å². The van der Waals surface area contributed by atoms with Crippen molar-refractivity contribution >= 4 is 28.3 Å². The molecule has 2 heterocycles. The van der Waals surface area contributed by atoms with Crippen LogP contribution in [-0.2, 0) is 4.74 Å². The first-order valence-electron chi connectivity index (χ1n) is 4.29. The number of morpholine rings is 1. The van der Waals surface area contributed by atoms with Crippen molar-refractivity contribution in [3.8, 4) is 0 Å². The molecule has 1 fully saturated rings. The van der Waals surface area contributed by atoms with Crippen molar-refractivity contribution in [1.82, 2.24) is 10.3 Å². The molecule has 3 nitrogen and oxygen atoms in total. The van der Waals surface area contributed by atoms with E-state index >= 15 is 0 Å². The number of nitrogens with one attached hydrogen (secondary N) is 1. The van der Waals surface area contributed by atoms with Gasteiger partial charge >= 0.3 is 0 Å². The van der Waals surface area contributed by atoms with Gasteiger partial charge in [-0.1, -0.05) is 6.07 Å². The standard InChI is InChI=1S/C9H11BrN2O.ClH/c10-9-7(2-1-3-12-9)8-6-13-5-4-11-8;/h1-3,8,11H,4-6H2;1H/t8-;/m1./s1. The Morgan fingerprint density at radius 2 is 2.43 bits per heavy atom. The van der Waals surface area contributed by atoms with Gasteiger partial charge in [-0.3, -0.25) is 0 Å². The molecule has 5 heteroatoms. The lowest BCUT2D eigenvalue weighted by atomic mass is 10.1. The highest BCUT2D eigenvalue weighted by Crippen LogP contribution is 2.22. The van der Waals surface area contributed by atoms with Gasteiger partial charge in [0.15, 0.2) is 0 Å². The van der Waals surface area contributed by atoms with Crippen molar-refractivity contribution in [1.29, 1.82) is 0 Å². The van der Waals surface area contributed by atoms with E-state index in [-0.39, 0.29) is 18.4 Å². The van der Waals surface area contributed by atoms with E-state index in [0.717, 1.165) is 24.4 Å². The summed E-state index contributed by atoms with van der Waals surface area (Å²) in [6.07, 6.45) is 1.78. The fourth-order valence-corrected chi connectivity index (χ4v) is 1.95. The minimum absolute atomic E-state index is 0. The number of rotatable bonds is 1. The van der Waals surface area contributed by atoms with Gasteiger partial charge in [0, 0.05) is 18.3 Å². The monoisotopic (exact) mass is 278 g/mol. The third-order valence-electron chi connectivity index (χ3n) is 2.09. The summed E-state index contributed by atoms with van der Waals surface area (Å²) in [6, 6.07) is 4.27. The Balaban J connectivity index is 0.000000980. The topological polar surface area (TPSA) is 34.1 Å². The summed E-state index contributed by atoms with van der Waals surface area (Å²) in [5.74, 6) is 0. The molecule has 14 heavy (non-hydrogen) atoms. The van der Waals surface area contributed by atoms with E-state index in [1.54, 1.807) is 6.20 Å². The molecular formula is C9H12BrClN2O. The predicted molar refractivity (Wildman–Crippen MR) is 60.7 cm³/mol. The van der Waals surface area contributed by atoms with Gasteiger partial charge in [-0.2, -0.15) is 0 Å². The van der Waals surface area contributed by atoms with E-state index in [9.17, 15) is 0 Å². The van der Waals surface area contributed by atoms with Crippen molar-refractivity contribution in [3.63, 3.8) is 0 Å². The number of pyridine rings is 1. The van der Waals surface area contributed by atoms with Crippen molar-refractivity contribution in [2.75, 3.05) is 19.8 Å². The van der Waals surface area contributed by atoms with Crippen LogP contribution in [0.4, 0.5) is 0 Å². The molecule has 0 bridgehead atoms.